The highest BCUT2D eigenvalue weighted by Gasteiger charge is 2.30. The van der Waals surface area contributed by atoms with E-state index in [-0.39, 0.29) is 17.9 Å². The molecule has 1 aromatic rings. The number of hydrogen-bond donors (Lipinski definition) is 1. The van der Waals surface area contributed by atoms with Gasteiger partial charge in [0.25, 0.3) is 0 Å². The lowest BCUT2D eigenvalue weighted by Gasteiger charge is -2.33. The predicted octanol–water partition coefficient (Wildman–Crippen LogP) is 3.50. The SMILES string of the molecule is CCC1CCCCCN1C(=O)C(C)C(N)c1ccccc1. The zero-order valence-electron chi connectivity index (χ0n) is 13.3. The molecule has 0 spiro atoms. The second-order valence-corrected chi connectivity index (χ2v) is 6.17. The van der Waals surface area contributed by atoms with E-state index in [9.17, 15) is 4.79 Å². The van der Waals surface area contributed by atoms with Crippen molar-refractivity contribution in [2.45, 2.75) is 58.0 Å². The van der Waals surface area contributed by atoms with Gasteiger partial charge in [0, 0.05) is 18.6 Å². The third-order valence-corrected chi connectivity index (χ3v) is 4.74. The highest BCUT2D eigenvalue weighted by atomic mass is 16.2. The summed E-state index contributed by atoms with van der Waals surface area (Å²) >= 11 is 0. The minimum absolute atomic E-state index is 0.167. The van der Waals surface area contributed by atoms with Crippen LogP contribution in [-0.4, -0.2) is 23.4 Å². The summed E-state index contributed by atoms with van der Waals surface area (Å²) in [6, 6.07) is 10.1. The van der Waals surface area contributed by atoms with E-state index in [1.54, 1.807) is 0 Å². The molecule has 116 valence electrons. The van der Waals surface area contributed by atoms with Gasteiger partial charge in [0.15, 0.2) is 0 Å². The molecule has 2 N–H and O–H groups in total. The summed E-state index contributed by atoms with van der Waals surface area (Å²) in [6.07, 6.45) is 5.77. The third kappa shape index (κ3) is 3.85. The van der Waals surface area contributed by atoms with Crippen LogP contribution in [-0.2, 0) is 4.79 Å². The van der Waals surface area contributed by atoms with Crippen molar-refractivity contribution in [3.63, 3.8) is 0 Å². The van der Waals surface area contributed by atoms with E-state index in [1.165, 1.54) is 12.8 Å². The van der Waals surface area contributed by atoms with Crippen molar-refractivity contribution < 1.29 is 4.79 Å². The Morgan fingerprint density at radius 1 is 1.29 bits per heavy atom. The van der Waals surface area contributed by atoms with Gasteiger partial charge < -0.3 is 10.6 Å². The summed E-state index contributed by atoms with van der Waals surface area (Å²) in [5.41, 5.74) is 7.37. The lowest BCUT2D eigenvalue weighted by atomic mass is 9.93. The standard InChI is InChI=1S/C18H28N2O/c1-3-16-12-8-5-9-13-20(16)18(21)14(2)17(19)15-10-6-4-7-11-15/h4,6-7,10-11,14,16-17H,3,5,8-9,12-13,19H2,1-2H3. The van der Waals surface area contributed by atoms with Gasteiger partial charge in [-0.15, -0.1) is 0 Å². The average molecular weight is 288 g/mol. The van der Waals surface area contributed by atoms with Crippen molar-refractivity contribution in [2.75, 3.05) is 6.54 Å². The van der Waals surface area contributed by atoms with Crippen molar-refractivity contribution in [3.05, 3.63) is 35.9 Å². The first-order valence-corrected chi connectivity index (χ1v) is 8.26. The molecule has 0 aliphatic carbocycles. The molecule has 3 unspecified atom stereocenters. The quantitative estimate of drug-likeness (QED) is 0.921. The Morgan fingerprint density at radius 2 is 2.00 bits per heavy atom. The minimum Gasteiger partial charge on any atom is -0.339 e. The van der Waals surface area contributed by atoms with Gasteiger partial charge in [0.05, 0.1) is 5.92 Å². The molecule has 21 heavy (non-hydrogen) atoms. The molecule has 1 heterocycles. The first kappa shape index (κ1) is 16.0. The fourth-order valence-electron chi connectivity index (χ4n) is 3.27. The smallest absolute Gasteiger partial charge is 0.227 e. The van der Waals surface area contributed by atoms with E-state index in [1.807, 2.05) is 37.3 Å². The molecule has 2 rings (SSSR count). The molecule has 0 bridgehead atoms. The number of nitrogens with two attached hydrogens (primary N) is 1. The van der Waals surface area contributed by atoms with E-state index in [0.29, 0.717) is 6.04 Å². The van der Waals surface area contributed by atoms with Crippen LogP contribution in [0.5, 0.6) is 0 Å². The Bertz CT molecular complexity index is 446. The summed E-state index contributed by atoms with van der Waals surface area (Å²) in [5.74, 6) is 0.0552. The van der Waals surface area contributed by atoms with Gasteiger partial charge in [0.2, 0.25) is 5.91 Å². The molecule has 1 saturated heterocycles. The highest BCUT2D eigenvalue weighted by molar-refractivity contribution is 5.79. The molecule has 3 heteroatoms. The summed E-state index contributed by atoms with van der Waals surface area (Å²) in [6.45, 7) is 5.04. The second kappa shape index (κ2) is 7.60. The molecule has 0 radical (unpaired) electrons. The molecule has 1 fully saturated rings. The molecule has 1 amide bonds. The van der Waals surface area contributed by atoms with Gasteiger partial charge >= 0.3 is 0 Å². The number of rotatable bonds is 4. The molecule has 3 atom stereocenters. The van der Waals surface area contributed by atoms with E-state index in [2.05, 4.69) is 11.8 Å². The average Bonchev–Trinajstić information content (AvgIpc) is 2.78. The van der Waals surface area contributed by atoms with Crippen LogP contribution in [0.4, 0.5) is 0 Å². The topological polar surface area (TPSA) is 46.3 Å². The number of carbonyl (C=O) groups excluding carboxylic acids is 1. The summed E-state index contributed by atoms with van der Waals surface area (Å²) in [5, 5.41) is 0. The van der Waals surface area contributed by atoms with Crippen LogP contribution in [0.2, 0.25) is 0 Å². The lowest BCUT2D eigenvalue weighted by Crippen LogP contribution is -2.44. The molecule has 1 aliphatic rings. The molecule has 1 aromatic carbocycles. The Balaban J connectivity index is 2.10. The number of benzene rings is 1. The number of nitrogens with zero attached hydrogens (tertiary/aromatic N) is 1. The van der Waals surface area contributed by atoms with Crippen molar-refractivity contribution in [3.8, 4) is 0 Å². The van der Waals surface area contributed by atoms with E-state index in [4.69, 9.17) is 5.73 Å². The summed E-state index contributed by atoms with van der Waals surface area (Å²) in [4.78, 5) is 15.0. The van der Waals surface area contributed by atoms with Crippen molar-refractivity contribution in [2.24, 2.45) is 11.7 Å². The maximum absolute atomic E-state index is 12.9. The summed E-state index contributed by atoms with van der Waals surface area (Å²) in [7, 11) is 0. The maximum Gasteiger partial charge on any atom is 0.227 e. The zero-order chi connectivity index (χ0) is 15.2. The van der Waals surface area contributed by atoms with Crippen molar-refractivity contribution >= 4 is 5.91 Å². The Morgan fingerprint density at radius 3 is 2.67 bits per heavy atom. The van der Waals surface area contributed by atoms with E-state index in [0.717, 1.165) is 31.4 Å². The largest absolute Gasteiger partial charge is 0.339 e. The normalized spacial score (nSPS) is 22.4. The first-order valence-electron chi connectivity index (χ1n) is 8.26. The monoisotopic (exact) mass is 288 g/mol. The molecule has 1 aliphatic heterocycles. The molecule has 0 saturated carbocycles. The van der Waals surface area contributed by atoms with Crippen LogP contribution in [0.3, 0.4) is 0 Å². The van der Waals surface area contributed by atoms with Crippen LogP contribution in [0.25, 0.3) is 0 Å². The van der Waals surface area contributed by atoms with Crippen molar-refractivity contribution in [1.82, 2.24) is 4.90 Å². The Kier molecular flexibility index (Phi) is 5.80. The molecule has 3 nitrogen and oxygen atoms in total. The van der Waals surface area contributed by atoms with Gasteiger partial charge in [-0.2, -0.15) is 0 Å². The fourth-order valence-corrected chi connectivity index (χ4v) is 3.27. The number of amides is 1. The van der Waals surface area contributed by atoms with Crippen LogP contribution >= 0.6 is 0 Å². The van der Waals surface area contributed by atoms with Crippen LogP contribution in [0.15, 0.2) is 30.3 Å². The Labute approximate surface area is 128 Å². The minimum atomic E-state index is -0.223. The van der Waals surface area contributed by atoms with Crippen LogP contribution in [0, 0.1) is 5.92 Å². The van der Waals surface area contributed by atoms with Gasteiger partial charge in [-0.25, -0.2) is 0 Å². The van der Waals surface area contributed by atoms with Gasteiger partial charge in [-0.1, -0.05) is 57.0 Å². The van der Waals surface area contributed by atoms with Gasteiger partial charge in [-0.05, 0) is 24.8 Å². The fraction of sp³-hybridized carbons (Fsp3) is 0.611. The summed E-state index contributed by atoms with van der Waals surface area (Å²) < 4.78 is 0. The second-order valence-electron chi connectivity index (χ2n) is 6.17. The Hall–Kier alpha value is -1.35. The predicted molar refractivity (Wildman–Crippen MR) is 86.8 cm³/mol. The van der Waals surface area contributed by atoms with E-state index >= 15 is 0 Å². The lowest BCUT2D eigenvalue weighted by molar-refractivity contribution is -0.138. The van der Waals surface area contributed by atoms with Gasteiger partial charge in [0.1, 0.15) is 0 Å². The molecular formula is C18H28N2O. The van der Waals surface area contributed by atoms with Crippen LogP contribution in [0.1, 0.15) is 57.6 Å². The molecular weight excluding hydrogens is 260 g/mol. The third-order valence-electron chi connectivity index (χ3n) is 4.74. The zero-order valence-corrected chi connectivity index (χ0v) is 13.3. The maximum atomic E-state index is 12.9. The van der Waals surface area contributed by atoms with E-state index < -0.39 is 0 Å². The molecule has 0 aromatic heterocycles. The highest BCUT2D eigenvalue weighted by Crippen LogP contribution is 2.26. The number of carbonyl (C=O) groups is 1. The first-order chi connectivity index (χ1) is 10.1. The number of likely N-dealkylation sites (tertiary alicyclic amines) is 1. The number of hydrogen-bond acceptors (Lipinski definition) is 2. The van der Waals surface area contributed by atoms with Crippen molar-refractivity contribution in [1.29, 1.82) is 0 Å². The van der Waals surface area contributed by atoms with Gasteiger partial charge in [-0.3, -0.25) is 4.79 Å². The van der Waals surface area contributed by atoms with Crippen LogP contribution < -0.4 is 5.73 Å².